The molecule has 0 unspecified atom stereocenters. The third kappa shape index (κ3) is 3.23. The first-order valence-corrected chi connectivity index (χ1v) is 8.42. The van der Waals surface area contributed by atoms with Gasteiger partial charge in [0.15, 0.2) is 0 Å². The molecule has 2 heterocycles. The topological polar surface area (TPSA) is 87.8 Å². The quantitative estimate of drug-likeness (QED) is 0.832. The predicted molar refractivity (Wildman–Crippen MR) is 94.2 cm³/mol. The minimum Gasteiger partial charge on any atom is -0.478 e. The van der Waals surface area contributed by atoms with Crippen LogP contribution in [0, 0.1) is 6.92 Å². The number of rotatable bonds is 4. The number of carboxylic acids is 1. The Labute approximate surface area is 148 Å². The van der Waals surface area contributed by atoms with Gasteiger partial charge in [-0.2, -0.15) is 0 Å². The van der Waals surface area contributed by atoms with Crippen LogP contribution in [0.3, 0.4) is 0 Å². The number of carbonyl (C=O) groups excluding carboxylic acids is 2. The molecule has 2 aromatic rings. The number of imide groups is 1. The van der Waals surface area contributed by atoms with E-state index >= 15 is 0 Å². The summed E-state index contributed by atoms with van der Waals surface area (Å²) >= 11 is 0.877. The molecule has 1 saturated heterocycles. The van der Waals surface area contributed by atoms with Gasteiger partial charge in [0.25, 0.3) is 11.1 Å². The van der Waals surface area contributed by atoms with Crippen molar-refractivity contribution in [2.24, 2.45) is 0 Å². The molecule has 1 aliphatic heterocycles. The van der Waals surface area contributed by atoms with Gasteiger partial charge in [0.1, 0.15) is 11.5 Å². The number of benzene rings is 1. The van der Waals surface area contributed by atoms with Gasteiger partial charge in [-0.3, -0.25) is 14.5 Å². The van der Waals surface area contributed by atoms with E-state index in [-0.39, 0.29) is 16.7 Å². The molecule has 3 rings (SSSR count). The maximum Gasteiger partial charge on any atom is 0.335 e. The second-order valence-electron chi connectivity index (χ2n) is 5.46. The summed E-state index contributed by atoms with van der Waals surface area (Å²) in [6, 6.07) is 8.19. The van der Waals surface area contributed by atoms with Crippen molar-refractivity contribution in [3.8, 4) is 11.3 Å². The highest BCUT2D eigenvalue weighted by Crippen LogP contribution is 2.33. The Hall–Kier alpha value is -2.80. The highest BCUT2D eigenvalue weighted by molar-refractivity contribution is 8.18. The summed E-state index contributed by atoms with van der Waals surface area (Å²) in [7, 11) is 0. The second-order valence-corrected chi connectivity index (χ2v) is 6.46. The number of hydrogen-bond acceptors (Lipinski definition) is 5. The van der Waals surface area contributed by atoms with E-state index in [2.05, 4.69) is 0 Å². The normalized spacial score (nSPS) is 16.1. The molecule has 1 aromatic heterocycles. The first-order valence-electron chi connectivity index (χ1n) is 7.60. The third-order valence-electron chi connectivity index (χ3n) is 3.84. The average Bonchev–Trinajstić information content (AvgIpc) is 3.13. The zero-order chi connectivity index (χ0) is 18.1. The SMILES string of the molecule is CCN1C(=O)S/C(=C/c2ccc(-c3cc(C(=O)O)ccc3C)o2)C1=O. The van der Waals surface area contributed by atoms with Crippen LogP contribution in [0.15, 0.2) is 39.7 Å². The lowest BCUT2D eigenvalue weighted by molar-refractivity contribution is -0.122. The second kappa shape index (κ2) is 6.60. The number of nitrogens with zero attached hydrogens (tertiary/aromatic N) is 1. The lowest BCUT2D eigenvalue weighted by Gasteiger charge is -2.06. The first kappa shape index (κ1) is 17.0. The molecule has 0 aliphatic carbocycles. The fourth-order valence-electron chi connectivity index (χ4n) is 2.50. The molecule has 0 radical (unpaired) electrons. The van der Waals surface area contributed by atoms with Crippen LogP contribution in [0.5, 0.6) is 0 Å². The molecule has 1 aromatic carbocycles. The maximum atomic E-state index is 12.1. The van der Waals surface area contributed by atoms with Crippen LogP contribution in [0.4, 0.5) is 4.79 Å². The van der Waals surface area contributed by atoms with Crippen LogP contribution < -0.4 is 0 Å². The summed E-state index contributed by atoms with van der Waals surface area (Å²) in [4.78, 5) is 36.5. The van der Waals surface area contributed by atoms with Gasteiger partial charge in [0, 0.05) is 18.2 Å². The van der Waals surface area contributed by atoms with Gasteiger partial charge in [-0.05, 0) is 55.4 Å². The maximum absolute atomic E-state index is 12.1. The minimum absolute atomic E-state index is 0.169. The predicted octanol–water partition coefficient (Wildman–Crippen LogP) is 4.01. The largest absolute Gasteiger partial charge is 0.478 e. The third-order valence-corrected chi connectivity index (χ3v) is 4.75. The standard InChI is InChI=1S/C18H15NO5S/c1-3-19-16(20)15(25-18(19)23)9-12-6-7-14(24-12)13-8-11(17(21)22)5-4-10(13)2/h4-9H,3H2,1-2H3,(H,21,22)/b15-9+. The van der Waals surface area contributed by atoms with Gasteiger partial charge in [-0.15, -0.1) is 0 Å². The molecule has 128 valence electrons. The van der Waals surface area contributed by atoms with Crippen molar-refractivity contribution < 1.29 is 23.9 Å². The van der Waals surface area contributed by atoms with Crippen LogP contribution in [-0.4, -0.2) is 33.7 Å². The summed E-state index contributed by atoms with van der Waals surface area (Å²) in [5.74, 6) is -0.418. The molecule has 0 saturated carbocycles. The average molecular weight is 357 g/mol. The fraction of sp³-hybridized carbons (Fsp3) is 0.167. The number of carbonyl (C=O) groups is 3. The Kier molecular flexibility index (Phi) is 4.50. The molecule has 7 heteroatoms. The number of thioether (sulfide) groups is 1. The number of carboxylic acid groups (broad SMARTS) is 1. The molecule has 6 nitrogen and oxygen atoms in total. The summed E-state index contributed by atoms with van der Waals surface area (Å²) in [5, 5.41) is 8.83. The Morgan fingerprint density at radius 3 is 2.68 bits per heavy atom. The van der Waals surface area contributed by atoms with Crippen molar-refractivity contribution >= 4 is 35.0 Å². The summed E-state index contributed by atoms with van der Waals surface area (Å²) in [6.07, 6.45) is 1.53. The summed E-state index contributed by atoms with van der Waals surface area (Å²) in [5.41, 5.74) is 1.71. The van der Waals surface area contributed by atoms with Crippen molar-refractivity contribution in [1.29, 1.82) is 0 Å². The summed E-state index contributed by atoms with van der Waals surface area (Å²) < 4.78 is 5.73. The van der Waals surface area contributed by atoms with Crippen LogP contribution >= 0.6 is 11.8 Å². The van der Waals surface area contributed by atoms with Crippen molar-refractivity contribution in [2.45, 2.75) is 13.8 Å². The van der Waals surface area contributed by atoms with Gasteiger partial charge in [-0.1, -0.05) is 6.07 Å². The Morgan fingerprint density at radius 1 is 1.28 bits per heavy atom. The molecule has 2 amide bonds. The van der Waals surface area contributed by atoms with Gasteiger partial charge >= 0.3 is 5.97 Å². The molecular weight excluding hydrogens is 342 g/mol. The highest BCUT2D eigenvalue weighted by atomic mass is 32.2. The minimum atomic E-state index is -1.01. The van der Waals surface area contributed by atoms with E-state index in [1.807, 2.05) is 6.92 Å². The Morgan fingerprint density at radius 2 is 2.04 bits per heavy atom. The fourth-order valence-corrected chi connectivity index (χ4v) is 3.38. The monoisotopic (exact) mass is 357 g/mol. The number of aromatic carboxylic acids is 1. The molecule has 25 heavy (non-hydrogen) atoms. The Bertz CT molecular complexity index is 912. The number of likely N-dealkylation sites (N-methyl/N-ethyl adjacent to an activating group) is 1. The van der Waals surface area contributed by atoms with Crippen molar-refractivity contribution in [3.63, 3.8) is 0 Å². The lowest BCUT2D eigenvalue weighted by Crippen LogP contribution is -2.27. The first-order chi connectivity index (χ1) is 11.9. The molecule has 0 spiro atoms. The van der Waals surface area contributed by atoms with Crippen molar-refractivity contribution in [1.82, 2.24) is 4.90 Å². The molecule has 0 atom stereocenters. The smallest absolute Gasteiger partial charge is 0.335 e. The van der Waals surface area contributed by atoms with Crippen LogP contribution in [0.1, 0.15) is 28.6 Å². The zero-order valence-electron chi connectivity index (χ0n) is 13.6. The van der Waals surface area contributed by atoms with Crippen molar-refractivity contribution in [2.75, 3.05) is 6.54 Å². The molecule has 1 fully saturated rings. The molecule has 0 bridgehead atoms. The van der Waals surface area contributed by atoms with E-state index in [1.54, 1.807) is 31.2 Å². The van der Waals surface area contributed by atoms with Crippen LogP contribution in [0.25, 0.3) is 17.4 Å². The van der Waals surface area contributed by atoms with Crippen molar-refractivity contribution in [3.05, 3.63) is 52.1 Å². The van der Waals surface area contributed by atoms with Crippen LogP contribution in [-0.2, 0) is 4.79 Å². The van der Waals surface area contributed by atoms with Gasteiger partial charge < -0.3 is 9.52 Å². The number of aryl methyl sites for hydroxylation is 1. The van der Waals surface area contributed by atoms with Gasteiger partial charge in [0.2, 0.25) is 0 Å². The summed E-state index contributed by atoms with van der Waals surface area (Å²) in [6.45, 7) is 3.92. The van der Waals surface area contributed by atoms with E-state index in [4.69, 9.17) is 9.52 Å². The molecular formula is C18H15NO5S. The van der Waals surface area contributed by atoms with E-state index in [0.29, 0.717) is 28.5 Å². The van der Waals surface area contributed by atoms with Crippen LogP contribution in [0.2, 0.25) is 0 Å². The number of furan rings is 1. The van der Waals surface area contributed by atoms with Gasteiger partial charge in [-0.25, -0.2) is 4.79 Å². The molecule has 1 N–H and O–H groups in total. The molecule has 1 aliphatic rings. The Balaban J connectivity index is 1.93. The highest BCUT2D eigenvalue weighted by Gasteiger charge is 2.33. The number of amides is 2. The van der Waals surface area contributed by atoms with Gasteiger partial charge in [0.05, 0.1) is 10.5 Å². The van der Waals surface area contributed by atoms with E-state index < -0.39 is 5.97 Å². The van der Waals surface area contributed by atoms with E-state index in [1.165, 1.54) is 17.0 Å². The lowest BCUT2D eigenvalue weighted by atomic mass is 10.0. The number of hydrogen-bond donors (Lipinski definition) is 1. The van der Waals surface area contributed by atoms with E-state index in [9.17, 15) is 14.4 Å². The van der Waals surface area contributed by atoms with E-state index in [0.717, 1.165) is 17.3 Å². The zero-order valence-corrected chi connectivity index (χ0v) is 14.4.